The first kappa shape index (κ1) is 20.4. The van der Waals surface area contributed by atoms with Crippen molar-refractivity contribution in [1.29, 1.82) is 0 Å². The molecule has 0 aliphatic carbocycles. The van der Waals surface area contributed by atoms with Gasteiger partial charge in [-0.05, 0) is 68.0 Å². The highest BCUT2D eigenvalue weighted by Gasteiger charge is 2.23. The molecule has 1 aliphatic rings. The topological polar surface area (TPSA) is 57.7 Å². The predicted molar refractivity (Wildman–Crippen MR) is 114 cm³/mol. The third-order valence-electron chi connectivity index (χ3n) is 5.06. The molecule has 1 heterocycles. The number of carbonyl (C=O) groups excluding carboxylic acids is 1. The van der Waals surface area contributed by atoms with Crippen LogP contribution in [0, 0.1) is 13.8 Å². The highest BCUT2D eigenvalue weighted by molar-refractivity contribution is 7.92. The van der Waals surface area contributed by atoms with Gasteiger partial charge in [-0.15, -0.1) is 0 Å². The molecule has 6 heteroatoms. The minimum absolute atomic E-state index is 0.0565. The number of hydrogen-bond donors (Lipinski definition) is 0. The highest BCUT2D eigenvalue weighted by Crippen LogP contribution is 2.28. The molecule has 2 aromatic carbocycles. The van der Waals surface area contributed by atoms with Gasteiger partial charge in [-0.1, -0.05) is 24.3 Å². The summed E-state index contributed by atoms with van der Waals surface area (Å²) in [6.07, 6.45) is 3.98. The Bertz CT molecular complexity index is 949. The second kappa shape index (κ2) is 8.35. The summed E-state index contributed by atoms with van der Waals surface area (Å²) in [5.74, 6) is 0.0565. The van der Waals surface area contributed by atoms with E-state index >= 15 is 0 Å². The number of benzene rings is 2. The molecule has 150 valence electrons. The molecule has 2 aromatic rings. The molecular formula is C22H28N2O3S. The second-order valence-corrected chi connectivity index (χ2v) is 9.47. The third kappa shape index (κ3) is 4.73. The number of para-hydroxylation sites is 1. The minimum atomic E-state index is -3.41. The number of amides is 1. The lowest BCUT2D eigenvalue weighted by Gasteiger charge is -2.30. The Labute approximate surface area is 168 Å². The summed E-state index contributed by atoms with van der Waals surface area (Å²) in [4.78, 5) is 14.6. The average molecular weight is 401 g/mol. The van der Waals surface area contributed by atoms with Crippen LogP contribution in [0.2, 0.25) is 0 Å². The predicted octanol–water partition coefficient (Wildman–Crippen LogP) is 3.83. The maximum absolute atomic E-state index is 12.8. The zero-order valence-corrected chi connectivity index (χ0v) is 17.6. The number of hydrogen-bond acceptors (Lipinski definition) is 3. The molecule has 0 unspecified atom stereocenters. The van der Waals surface area contributed by atoms with Crippen molar-refractivity contribution in [1.82, 2.24) is 0 Å². The van der Waals surface area contributed by atoms with Crippen molar-refractivity contribution in [2.24, 2.45) is 0 Å². The first-order valence-corrected chi connectivity index (χ1v) is 11.5. The van der Waals surface area contributed by atoms with Gasteiger partial charge in [0.1, 0.15) is 0 Å². The lowest BCUT2D eigenvalue weighted by Crippen LogP contribution is -2.36. The monoisotopic (exact) mass is 400 g/mol. The van der Waals surface area contributed by atoms with Crippen molar-refractivity contribution in [2.75, 3.05) is 28.6 Å². The molecule has 28 heavy (non-hydrogen) atoms. The smallest absolute Gasteiger partial charge is 0.232 e. The van der Waals surface area contributed by atoms with Crippen LogP contribution in [0.25, 0.3) is 0 Å². The summed E-state index contributed by atoms with van der Waals surface area (Å²) in [5, 5.41) is 0. The Hall–Kier alpha value is -2.34. The van der Waals surface area contributed by atoms with Gasteiger partial charge in [-0.25, -0.2) is 8.42 Å². The Balaban J connectivity index is 1.69. The first-order chi connectivity index (χ1) is 13.3. The zero-order chi connectivity index (χ0) is 20.3. The molecule has 0 saturated carbocycles. The number of aryl methyl sites for hydroxylation is 3. The number of fused-ring (bicyclic) bond motifs is 1. The van der Waals surface area contributed by atoms with Gasteiger partial charge in [-0.2, -0.15) is 0 Å². The molecule has 0 N–H and O–H groups in total. The van der Waals surface area contributed by atoms with E-state index in [0.29, 0.717) is 25.1 Å². The van der Waals surface area contributed by atoms with Gasteiger partial charge in [-0.3, -0.25) is 9.10 Å². The van der Waals surface area contributed by atoms with Gasteiger partial charge < -0.3 is 4.90 Å². The summed E-state index contributed by atoms with van der Waals surface area (Å²) < 4.78 is 26.1. The van der Waals surface area contributed by atoms with Crippen LogP contribution < -0.4 is 9.21 Å². The largest absolute Gasteiger partial charge is 0.312 e. The van der Waals surface area contributed by atoms with Crippen LogP contribution in [0.4, 0.5) is 11.4 Å². The molecule has 1 aliphatic heterocycles. The second-order valence-electron chi connectivity index (χ2n) is 7.56. The lowest BCUT2D eigenvalue weighted by atomic mass is 10.0. The third-order valence-corrected chi connectivity index (χ3v) is 6.25. The zero-order valence-electron chi connectivity index (χ0n) is 16.8. The van der Waals surface area contributed by atoms with Crippen molar-refractivity contribution >= 4 is 27.3 Å². The first-order valence-electron chi connectivity index (χ1n) is 9.70. The Morgan fingerprint density at radius 1 is 1.11 bits per heavy atom. The molecule has 0 atom stereocenters. The molecule has 0 aromatic heterocycles. The maximum Gasteiger partial charge on any atom is 0.232 e. The van der Waals surface area contributed by atoms with Gasteiger partial charge in [0.15, 0.2) is 0 Å². The highest BCUT2D eigenvalue weighted by atomic mass is 32.2. The van der Waals surface area contributed by atoms with Gasteiger partial charge in [0.25, 0.3) is 0 Å². The summed E-state index contributed by atoms with van der Waals surface area (Å²) >= 11 is 0. The molecule has 5 nitrogen and oxygen atoms in total. The summed E-state index contributed by atoms with van der Waals surface area (Å²) in [5.41, 5.74) is 4.90. The number of carbonyl (C=O) groups is 1. The van der Waals surface area contributed by atoms with E-state index in [1.165, 1.54) is 16.1 Å². The molecular weight excluding hydrogens is 372 g/mol. The SMILES string of the molecule is Cc1cc(C)cc(N(CCCC(=O)N2CCCc3ccccc32)S(C)(=O)=O)c1. The van der Waals surface area contributed by atoms with Crippen LogP contribution >= 0.6 is 0 Å². The summed E-state index contributed by atoms with van der Waals surface area (Å²) in [6.45, 7) is 4.92. The fourth-order valence-electron chi connectivity index (χ4n) is 3.88. The van der Waals surface area contributed by atoms with Crippen molar-refractivity contribution in [3.8, 4) is 0 Å². The van der Waals surface area contributed by atoms with E-state index in [-0.39, 0.29) is 5.91 Å². The summed E-state index contributed by atoms with van der Waals surface area (Å²) in [6, 6.07) is 13.8. The van der Waals surface area contributed by atoms with Crippen molar-refractivity contribution in [3.05, 3.63) is 59.2 Å². The van der Waals surface area contributed by atoms with Gasteiger partial charge in [0, 0.05) is 25.2 Å². The Kier molecular flexibility index (Phi) is 6.08. The van der Waals surface area contributed by atoms with Gasteiger partial charge in [0.05, 0.1) is 11.9 Å². The van der Waals surface area contributed by atoms with Crippen LogP contribution in [0.1, 0.15) is 36.0 Å². The van der Waals surface area contributed by atoms with E-state index in [9.17, 15) is 13.2 Å². The number of sulfonamides is 1. The van der Waals surface area contributed by atoms with Crippen LogP contribution in [-0.2, 0) is 21.2 Å². The normalized spacial score (nSPS) is 13.9. The number of nitrogens with zero attached hydrogens (tertiary/aromatic N) is 2. The van der Waals surface area contributed by atoms with Gasteiger partial charge >= 0.3 is 0 Å². The van der Waals surface area contributed by atoms with E-state index < -0.39 is 10.0 Å². The average Bonchev–Trinajstić information content (AvgIpc) is 2.62. The van der Waals surface area contributed by atoms with Crippen molar-refractivity contribution in [2.45, 2.75) is 39.5 Å². The van der Waals surface area contributed by atoms with Crippen molar-refractivity contribution < 1.29 is 13.2 Å². The van der Waals surface area contributed by atoms with E-state index in [1.54, 1.807) is 0 Å². The van der Waals surface area contributed by atoms with Crippen molar-refractivity contribution in [3.63, 3.8) is 0 Å². The Morgan fingerprint density at radius 3 is 2.46 bits per heavy atom. The minimum Gasteiger partial charge on any atom is -0.312 e. The van der Waals surface area contributed by atoms with Crippen LogP contribution in [0.15, 0.2) is 42.5 Å². The molecule has 0 fully saturated rings. The van der Waals surface area contributed by atoms with E-state index in [4.69, 9.17) is 0 Å². The molecule has 0 radical (unpaired) electrons. The fraction of sp³-hybridized carbons (Fsp3) is 0.409. The molecule has 0 saturated heterocycles. The van der Waals surface area contributed by atoms with Crippen LogP contribution in [-0.4, -0.2) is 33.7 Å². The van der Waals surface area contributed by atoms with E-state index in [0.717, 1.165) is 36.2 Å². The van der Waals surface area contributed by atoms with Crippen LogP contribution in [0.5, 0.6) is 0 Å². The molecule has 3 rings (SSSR count). The molecule has 1 amide bonds. The summed E-state index contributed by atoms with van der Waals surface area (Å²) in [7, 11) is -3.41. The van der Waals surface area contributed by atoms with Crippen LogP contribution in [0.3, 0.4) is 0 Å². The standard InChI is InChI=1S/C22H28N2O3S/c1-17-14-18(2)16-20(15-17)24(28(3,26)27)13-7-11-22(25)23-12-6-9-19-8-4-5-10-21(19)23/h4-5,8,10,14-16H,6-7,9,11-13H2,1-3H3. The van der Waals surface area contributed by atoms with E-state index in [2.05, 4.69) is 6.07 Å². The number of anilines is 2. The van der Waals surface area contributed by atoms with E-state index in [1.807, 2.05) is 55.1 Å². The quantitative estimate of drug-likeness (QED) is 0.740. The number of rotatable bonds is 6. The maximum atomic E-state index is 12.8. The molecule has 0 bridgehead atoms. The fourth-order valence-corrected chi connectivity index (χ4v) is 4.83. The van der Waals surface area contributed by atoms with Gasteiger partial charge in [0.2, 0.25) is 15.9 Å². The Morgan fingerprint density at radius 2 is 1.79 bits per heavy atom. The molecule has 0 spiro atoms. The lowest BCUT2D eigenvalue weighted by molar-refractivity contribution is -0.118.